The largest absolute Gasteiger partial charge is 0.342 e. The van der Waals surface area contributed by atoms with Crippen LogP contribution in [0.25, 0.3) is 16.8 Å². The van der Waals surface area contributed by atoms with Gasteiger partial charge in [0.2, 0.25) is 5.91 Å². The number of pyridine rings is 2. The number of likely N-dealkylation sites (tertiary alicyclic amines) is 1. The first-order valence-corrected chi connectivity index (χ1v) is 9.03. The van der Waals surface area contributed by atoms with E-state index in [0.29, 0.717) is 19.0 Å². The van der Waals surface area contributed by atoms with Crippen LogP contribution in [0, 0.1) is 5.92 Å². The molecule has 0 unspecified atom stereocenters. The molecule has 2 bridgehead atoms. The van der Waals surface area contributed by atoms with Crippen LogP contribution in [0.1, 0.15) is 25.0 Å². The molecule has 2 aliphatic heterocycles. The van der Waals surface area contributed by atoms with Gasteiger partial charge in [0.25, 0.3) is 5.56 Å². The molecule has 0 spiro atoms. The van der Waals surface area contributed by atoms with Crippen LogP contribution in [-0.2, 0) is 11.3 Å². The highest BCUT2D eigenvalue weighted by atomic mass is 16.2. The summed E-state index contributed by atoms with van der Waals surface area (Å²) in [6, 6.07) is 11.7. The van der Waals surface area contributed by atoms with Crippen molar-refractivity contribution >= 4 is 11.4 Å². The number of piperidine rings is 1. The maximum Gasteiger partial charge on any atom is 0.251 e. The summed E-state index contributed by atoms with van der Waals surface area (Å²) in [6.45, 7) is 3.77. The predicted molar refractivity (Wildman–Crippen MR) is 98.0 cm³/mol. The van der Waals surface area contributed by atoms with Crippen molar-refractivity contribution in [3.05, 3.63) is 58.6 Å². The number of carbonyl (C=O) groups is 1. The van der Waals surface area contributed by atoms with Gasteiger partial charge in [-0.2, -0.15) is 5.10 Å². The molecule has 0 aliphatic carbocycles. The molecular weight excluding hydrogens is 328 g/mol. The zero-order chi connectivity index (χ0) is 17.8. The summed E-state index contributed by atoms with van der Waals surface area (Å²) >= 11 is 0. The molecule has 1 fully saturated rings. The number of amides is 1. The third-order valence-corrected chi connectivity index (χ3v) is 5.72. The second-order valence-corrected chi connectivity index (χ2v) is 7.42. The smallest absolute Gasteiger partial charge is 0.251 e. The van der Waals surface area contributed by atoms with Gasteiger partial charge in [-0.3, -0.25) is 9.59 Å². The zero-order valence-electron chi connectivity index (χ0n) is 14.6. The van der Waals surface area contributed by atoms with Crippen molar-refractivity contribution in [2.24, 2.45) is 5.92 Å². The van der Waals surface area contributed by atoms with E-state index in [4.69, 9.17) is 0 Å². The summed E-state index contributed by atoms with van der Waals surface area (Å²) in [7, 11) is 0. The molecule has 5 heterocycles. The summed E-state index contributed by atoms with van der Waals surface area (Å²) < 4.78 is 3.77. The SMILES string of the molecule is CC(=O)N1C[C@@H]2C[C@H](C1)c1cc(-c3cccc4ccnn34)cc(=O)n1C2. The lowest BCUT2D eigenvalue weighted by Gasteiger charge is -2.42. The number of carbonyl (C=O) groups excluding carboxylic acids is 1. The second-order valence-electron chi connectivity index (χ2n) is 7.42. The lowest BCUT2D eigenvalue weighted by molar-refractivity contribution is -0.131. The molecule has 0 radical (unpaired) electrons. The van der Waals surface area contributed by atoms with Gasteiger partial charge in [0.05, 0.1) is 17.4 Å². The van der Waals surface area contributed by atoms with Crippen molar-refractivity contribution in [3.8, 4) is 11.3 Å². The molecule has 6 nitrogen and oxygen atoms in total. The van der Waals surface area contributed by atoms with Crippen molar-refractivity contribution in [2.75, 3.05) is 13.1 Å². The van der Waals surface area contributed by atoms with E-state index in [1.807, 2.05) is 38.2 Å². The maximum absolute atomic E-state index is 12.8. The molecule has 2 atom stereocenters. The molecule has 0 N–H and O–H groups in total. The van der Waals surface area contributed by atoms with Crippen molar-refractivity contribution in [1.82, 2.24) is 19.1 Å². The molecule has 2 aliphatic rings. The summed E-state index contributed by atoms with van der Waals surface area (Å²) in [6.07, 6.45) is 2.80. The highest BCUT2D eigenvalue weighted by Gasteiger charge is 2.35. The van der Waals surface area contributed by atoms with Crippen LogP contribution in [0.5, 0.6) is 0 Å². The van der Waals surface area contributed by atoms with Crippen molar-refractivity contribution in [1.29, 1.82) is 0 Å². The second kappa shape index (κ2) is 5.56. The van der Waals surface area contributed by atoms with Gasteiger partial charge in [-0.15, -0.1) is 0 Å². The van der Waals surface area contributed by atoms with E-state index in [1.165, 1.54) is 0 Å². The minimum Gasteiger partial charge on any atom is -0.342 e. The fourth-order valence-electron chi connectivity index (χ4n) is 4.53. The number of aromatic nitrogens is 3. The third-order valence-electron chi connectivity index (χ3n) is 5.72. The number of hydrogen-bond acceptors (Lipinski definition) is 3. The Balaban J connectivity index is 1.65. The lowest BCUT2D eigenvalue weighted by atomic mass is 9.82. The molecule has 26 heavy (non-hydrogen) atoms. The molecule has 1 saturated heterocycles. The zero-order valence-corrected chi connectivity index (χ0v) is 14.6. The van der Waals surface area contributed by atoms with E-state index in [2.05, 4.69) is 11.2 Å². The van der Waals surface area contributed by atoms with E-state index in [9.17, 15) is 9.59 Å². The first-order valence-electron chi connectivity index (χ1n) is 9.03. The molecule has 5 rings (SSSR count). The Morgan fingerprint density at radius 1 is 1.15 bits per heavy atom. The van der Waals surface area contributed by atoms with Crippen LogP contribution in [0.2, 0.25) is 0 Å². The van der Waals surface area contributed by atoms with Crippen molar-refractivity contribution in [3.63, 3.8) is 0 Å². The Labute approximate surface area is 150 Å². The van der Waals surface area contributed by atoms with Crippen LogP contribution in [-0.4, -0.2) is 38.1 Å². The Bertz CT molecular complexity index is 1080. The average molecular weight is 348 g/mol. The van der Waals surface area contributed by atoms with Gasteiger partial charge in [0, 0.05) is 49.8 Å². The molecule has 3 aromatic heterocycles. The molecule has 6 heteroatoms. The van der Waals surface area contributed by atoms with Crippen LogP contribution < -0.4 is 5.56 Å². The topological polar surface area (TPSA) is 59.6 Å². The van der Waals surface area contributed by atoms with Gasteiger partial charge >= 0.3 is 0 Å². The van der Waals surface area contributed by atoms with E-state index < -0.39 is 0 Å². The average Bonchev–Trinajstić information content (AvgIpc) is 3.11. The van der Waals surface area contributed by atoms with Crippen molar-refractivity contribution in [2.45, 2.75) is 25.8 Å². The minimum atomic E-state index is 0.0348. The van der Waals surface area contributed by atoms with Crippen LogP contribution in [0.4, 0.5) is 0 Å². The summed E-state index contributed by atoms with van der Waals surface area (Å²) in [5, 5.41) is 4.39. The van der Waals surface area contributed by atoms with Gasteiger partial charge in [-0.1, -0.05) is 6.07 Å². The maximum atomic E-state index is 12.8. The standard InChI is InChI=1S/C20H20N4O2/c1-13(25)22-10-14-7-16(12-22)19-8-15(9-20(26)23(19)11-14)18-4-2-3-17-5-6-21-24(17)18/h2-6,8-9,14,16H,7,10-12H2,1H3/t14-,16+/m0/s1. The van der Waals surface area contributed by atoms with E-state index in [1.54, 1.807) is 19.2 Å². The lowest BCUT2D eigenvalue weighted by Crippen LogP contribution is -2.48. The van der Waals surface area contributed by atoms with Crippen LogP contribution in [0.3, 0.4) is 0 Å². The van der Waals surface area contributed by atoms with Crippen LogP contribution in [0.15, 0.2) is 47.4 Å². The van der Waals surface area contributed by atoms with E-state index in [0.717, 1.165) is 35.4 Å². The minimum absolute atomic E-state index is 0.0348. The first kappa shape index (κ1) is 15.4. The highest BCUT2D eigenvalue weighted by Crippen LogP contribution is 2.36. The van der Waals surface area contributed by atoms with E-state index in [-0.39, 0.29) is 17.4 Å². The monoisotopic (exact) mass is 348 g/mol. The molecule has 1 amide bonds. The molecule has 0 saturated carbocycles. The Morgan fingerprint density at radius 2 is 2.04 bits per heavy atom. The fourth-order valence-corrected chi connectivity index (χ4v) is 4.53. The van der Waals surface area contributed by atoms with Gasteiger partial charge in [-0.25, -0.2) is 4.52 Å². The van der Waals surface area contributed by atoms with Crippen LogP contribution >= 0.6 is 0 Å². The summed E-state index contributed by atoms with van der Waals surface area (Å²) in [5.74, 6) is 0.701. The Kier molecular flexibility index (Phi) is 3.29. The number of hydrogen-bond donors (Lipinski definition) is 0. The highest BCUT2D eigenvalue weighted by molar-refractivity contribution is 5.73. The first-order chi connectivity index (χ1) is 12.6. The predicted octanol–water partition coefficient (Wildman–Crippen LogP) is 2.13. The molecular formula is C20H20N4O2. The number of rotatable bonds is 1. The van der Waals surface area contributed by atoms with Gasteiger partial charge in [0.1, 0.15) is 0 Å². The van der Waals surface area contributed by atoms with Crippen molar-refractivity contribution < 1.29 is 4.79 Å². The molecule has 0 aromatic carbocycles. The van der Waals surface area contributed by atoms with Gasteiger partial charge in [-0.05, 0) is 36.6 Å². The summed E-state index contributed by atoms with van der Waals surface area (Å²) in [4.78, 5) is 26.6. The number of fused-ring (bicyclic) bond motifs is 5. The fraction of sp³-hybridized carbons (Fsp3) is 0.350. The van der Waals surface area contributed by atoms with Gasteiger partial charge in [0.15, 0.2) is 0 Å². The normalized spacial score (nSPS) is 21.7. The Morgan fingerprint density at radius 3 is 2.88 bits per heavy atom. The summed E-state index contributed by atoms with van der Waals surface area (Å²) in [5.41, 5.74) is 3.87. The van der Waals surface area contributed by atoms with E-state index >= 15 is 0 Å². The van der Waals surface area contributed by atoms with Gasteiger partial charge < -0.3 is 9.47 Å². The third kappa shape index (κ3) is 2.29. The quantitative estimate of drug-likeness (QED) is 0.677. The number of nitrogens with zero attached hydrogens (tertiary/aromatic N) is 4. The Hall–Kier alpha value is -2.89. The molecule has 132 valence electrons. The molecule has 3 aromatic rings.